The van der Waals surface area contributed by atoms with Crippen LogP contribution in [0.1, 0.15) is 51.9 Å². The fourth-order valence-electron chi connectivity index (χ4n) is 2.68. The lowest BCUT2D eigenvalue weighted by Gasteiger charge is -2.19. The van der Waals surface area contributed by atoms with Gasteiger partial charge in [-0.1, -0.05) is 51.1 Å². The van der Waals surface area contributed by atoms with E-state index in [4.69, 9.17) is 9.47 Å². The number of benzene rings is 2. The number of esters is 1. The molecule has 3 rings (SSSR count). The number of carbonyl (C=O) groups is 2. The van der Waals surface area contributed by atoms with Crippen LogP contribution in [0.15, 0.2) is 66.0 Å². The molecule has 5 heteroatoms. The molecule has 4 nitrogen and oxygen atoms in total. The Kier molecular flexibility index (Phi) is 6.49. The summed E-state index contributed by atoms with van der Waals surface area (Å²) in [6.45, 7) is 6.67. The summed E-state index contributed by atoms with van der Waals surface area (Å²) in [6.07, 6.45) is 0. The Hall–Kier alpha value is -2.92. The number of hydrogen-bond donors (Lipinski definition) is 0. The summed E-state index contributed by atoms with van der Waals surface area (Å²) >= 11 is 1.33. The molecule has 0 amide bonds. The molecular weight excluding hydrogens is 384 g/mol. The summed E-state index contributed by atoms with van der Waals surface area (Å²) in [5, 5.41) is 1.81. The van der Waals surface area contributed by atoms with E-state index in [1.165, 1.54) is 16.9 Å². The first-order valence-electron chi connectivity index (χ1n) is 9.39. The molecule has 1 heterocycles. The normalized spacial score (nSPS) is 11.1. The zero-order valence-electron chi connectivity index (χ0n) is 16.8. The molecule has 0 spiro atoms. The maximum Gasteiger partial charge on any atom is 0.338 e. The van der Waals surface area contributed by atoms with Gasteiger partial charge < -0.3 is 9.47 Å². The van der Waals surface area contributed by atoms with Crippen molar-refractivity contribution in [2.24, 2.45) is 0 Å². The molecule has 0 radical (unpaired) electrons. The summed E-state index contributed by atoms with van der Waals surface area (Å²) < 4.78 is 10.9. The van der Waals surface area contributed by atoms with Gasteiger partial charge in [0.1, 0.15) is 12.4 Å². The third-order valence-corrected chi connectivity index (χ3v) is 5.36. The van der Waals surface area contributed by atoms with E-state index in [1.54, 1.807) is 24.3 Å². The maximum atomic E-state index is 12.1. The van der Waals surface area contributed by atoms with Gasteiger partial charge in [0, 0.05) is 0 Å². The smallest absolute Gasteiger partial charge is 0.338 e. The highest BCUT2D eigenvalue weighted by Gasteiger charge is 2.14. The highest BCUT2D eigenvalue weighted by atomic mass is 32.1. The minimum absolute atomic E-state index is 0.108. The Labute approximate surface area is 175 Å². The Morgan fingerprint density at radius 1 is 0.931 bits per heavy atom. The molecular formula is C24H24O4S. The van der Waals surface area contributed by atoms with E-state index in [-0.39, 0.29) is 17.8 Å². The lowest BCUT2D eigenvalue weighted by Crippen LogP contribution is -2.13. The van der Waals surface area contributed by atoms with Gasteiger partial charge in [0.15, 0.2) is 6.61 Å². The van der Waals surface area contributed by atoms with Crippen LogP contribution in [-0.4, -0.2) is 18.4 Å². The molecule has 2 aromatic carbocycles. The third kappa shape index (κ3) is 5.78. The van der Waals surface area contributed by atoms with Crippen LogP contribution in [0, 0.1) is 0 Å². The lowest BCUT2D eigenvalue weighted by atomic mass is 9.87. The Balaban J connectivity index is 1.50. The largest absolute Gasteiger partial charge is 0.489 e. The van der Waals surface area contributed by atoms with Gasteiger partial charge in [0.25, 0.3) is 0 Å². The first-order chi connectivity index (χ1) is 13.8. The maximum absolute atomic E-state index is 12.1. The highest BCUT2D eigenvalue weighted by Crippen LogP contribution is 2.24. The molecule has 0 aliphatic rings. The van der Waals surface area contributed by atoms with E-state index in [0.717, 1.165) is 11.3 Å². The van der Waals surface area contributed by atoms with Gasteiger partial charge in [0.2, 0.25) is 5.78 Å². The van der Waals surface area contributed by atoms with Crippen molar-refractivity contribution in [1.82, 2.24) is 0 Å². The predicted octanol–water partition coefficient (Wildman–Crippen LogP) is 5.66. The van der Waals surface area contributed by atoms with E-state index in [1.807, 2.05) is 29.6 Å². The molecule has 0 N–H and O–H groups in total. The van der Waals surface area contributed by atoms with Crippen LogP contribution in [0.4, 0.5) is 0 Å². The molecule has 29 heavy (non-hydrogen) atoms. The van der Waals surface area contributed by atoms with Crippen LogP contribution in [-0.2, 0) is 16.8 Å². The zero-order valence-corrected chi connectivity index (χ0v) is 17.6. The number of ketones is 1. The monoisotopic (exact) mass is 408 g/mol. The Morgan fingerprint density at radius 2 is 1.62 bits per heavy atom. The number of hydrogen-bond acceptors (Lipinski definition) is 5. The van der Waals surface area contributed by atoms with E-state index in [0.29, 0.717) is 17.0 Å². The predicted molar refractivity (Wildman–Crippen MR) is 115 cm³/mol. The van der Waals surface area contributed by atoms with Gasteiger partial charge in [-0.15, -0.1) is 11.3 Å². The third-order valence-electron chi connectivity index (χ3n) is 4.45. The highest BCUT2D eigenvalue weighted by molar-refractivity contribution is 7.12. The molecule has 0 saturated carbocycles. The average Bonchev–Trinajstić information content (AvgIpc) is 3.25. The van der Waals surface area contributed by atoms with Crippen molar-refractivity contribution in [3.8, 4) is 5.75 Å². The number of ether oxygens (including phenoxy) is 2. The molecule has 0 atom stereocenters. The minimum Gasteiger partial charge on any atom is -0.489 e. The van der Waals surface area contributed by atoms with Crippen molar-refractivity contribution in [2.45, 2.75) is 32.8 Å². The molecule has 150 valence electrons. The van der Waals surface area contributed by atoms with Gasteiger partial charge >= 0.3 is 5.97 Å². The summed E-state index contributed by atoms with van der Waals surface area (Å²) in [5.74, 6) is 0.0876. The van der Waals surface area contributed by atoms with Crippen LogP contribution >= 0.6 is 11.3 Å². The van der Waals surface area contributed by atoms with Crippen molar-refractivity contribution < 1.29 is 19.1 Å². The molecule has 3 aromatic rings. The topological polar surface area (TPSA) is 52.6 Å². The number of carbonyl (C=O) groups excluding carboxylic acids is 2. The standard InChI is InChI=1S/C24H24O4S/c1-24(2,3)19-10-12-20(13-11-19)27-15-17-6-8-18(9-7-17)23(26)28-16-21(25)22-5-4-14-29-22/h4-14H,15-16H2,1-3H3. The minimum atomic E-state index is -0.514. The SMILES string of the molecule is CC(C)(C)c1ccc(OCc2ccc(C(=O)OCC(=O)c3cccs3)cc2)cc1. The van der Waals surface area contributed by atoms with Crippen molar-refractivity contribution >= 4 is 23.1 Å². The Morgan fingerprint density at radius 3 is 2.21 bits per heavy atom. The fraction of sp³-hybridized carbons (Fsp3) is 0.250. The second-order valence-electron chi connectivity index (χ2n) is 7.74. The van der Waals surface area contributed by atoms with Gasteiger partial charge in [-0.25, -0.2) is 4.79 Å². The first kappa shape index (κ1) is 20.8. The van der Waals surface area contributed by atoms with E-state index >= 15 is 0 Å². The van der Waals surface area contributed by atoms with Gasteiger partial charge in [-0.2, -0.15) is 0 Å². The number of thiophene rings is 1. The van der Waals surface area contributed by atoms with Crippen molar-refractivity contribution in [3.63, 3.8) is 0 Å². The van der Waals surface area contributed by atoms with Gasteiger partial charge in [-0.05, 0) is 52.3 Å². The van der Waals surface area contributed by atoms with Crippen molar-refractivity contribution in [2.75, 3.05) is 6.61 Å². The molecule has 0 bridgehead atoms. The number of rotatable bonds is 7. The zero-order chi connectivity index (χ0) is 20.9. The van der Waals surface area contributed by atoms with Gasteiger partial charge in [0.05, 0.1) is 10.4 Å². The summed E-state index contributed by atoms with van der Waals surface area (Å²) in [5.41, 5.74) is 2.71. The van der Waals surface area contributed by atoms with E-state index < -0.39 is 5.97 Å². The molecule has 0 saturated heterocycles. The molecule has 0 fully saturated rings. The van der Waals surface area contributed by atoms with Gasteiger partial charge in [-0.3, -0.25) is 4.79 Å². The molecule has 0 aliphatic heterocycles. The molecule has 0 unspecified atom stereocenters. The van der Waals surface area contributed by atoms with Crippen LogP contribution in [0.3, 0.4) is 0 Å². The Bertz CT molecular complexity index is 950. The fourth-order valence-corrected chi connectivity index (χ4v) is 3.33. The lowest BCUT2D eigenvalue weighted by molar-refractivity contribution is 0.0476. The molecule has 0 aliphatic carbocycles. The second kappa shape index (κ2) is 9.05. The molecule has 1 aromatic heterocycles. The van der Waals surface area contributed by atoms with Crippen LogP contribution < -0.4 is 4.74 Å². The van der Waals surface area contributed by atoms with Crippen LogP contribution in [0.5, 0.6) is 5.75 Å². The average molecular weight is 409 g/mol. The van der Waals surface area contributed by atoms with E-state index in [9.17, 15) is 9.59 Å². The second-order valence-corrected chi connectivity index (χ2v) is 8.68. The van der Waals surface area contributed by atoms with Crippen molar-refractivity contribution in [1.29, 1.82) is 0 Å². The summed E-state index contributed by atoms with van der Waals surface area (Å²) in [6, 6.07) is 18.6. The van der Waals surface area contributed by atoms with E-state index in [2.05, 4.69) is 32.9 Å². The summed E-state index contributed by atoms with van der Waals surface area (Å²) in [4.78, 5) is 24.6. The quantitative estimate of drug-likeness (QED) is 0.374. The first-order valence-corrected chi connectivity index (χ1v) is 10.3. The van der Waals surface area contributed by atoms with Crippen molar-refractivity contribution in [3.05, 3.63) is 87.6 Å². The summed E-state index contributed by atoms with van der Waals surface area (Å²) in [7, 11) is 0. The van der Waals surface area contributed by atoms with Crippen LogP contribution in [0.25, 0.3) is 0 Å². The van der Waals surface area contributed by atoms with Crippen LogP contribution in [0.2, 0.25) is 0 Å². The number of Topliss-reactive ketones (excluding diaryl/α,β-unsaturated/α-hetero) is 1.